The maximum absolute atomic E-state index is 5.99. The van der Waals surface area contributed by atoms with Gasteiger partial charge in [0.05, 0.1) is 0 Å². The number of unbranched alkanes of at least 4 members (excludes halogenated alkanes) is 7. The van der Waals surface area contributed by atoms with Gasteiger partial charge < -0.3 is 4.74 Å². The van der Waals surface area contributed by atoms with E-state index in [1.54, 1.807) is 0 Å². The first kappa shape index (κ1) is 15.2. The van der Waals surface area contributed by atoms with Crippen LogP contribution in [0, 0.1) is 0 Å². The molecule has 1 aliphatic rings. The Morgan fingerprint density at radius 3 is 2.18 bits per heavy atom. The van der Waals surface area contributed by atoms with Crippen molar-refractivity contribution in [3.8, 4) is 0 Å². The smallest absolute Gasteiger partial charge is 0.0486 e. The summed E-state index contributed by atoms with van der Waals surface area (Å²) in [5, 5.41) is 0.362. The molecular weight excluding hydrogens is 224 g/mol. The lowest BCUT2D eigenvalue weighted by Gasteiger charge is -2.34. The van der Waals surface area contributed by atoms with Gasteiger partial charge in [-0.15, -0.1) is 0 Å². The van der Waals surface area contributed by atoms with E-state index in [1.807, 2.05) is 0 Å². The molecule has 0 saturated carbocycles. The molecule has 0 aliphatic carbocycles. The van der Waals surface area contributed by atoms with E-state index in [0.717, 1.165) is 6.61 Å². The molecule has 0 aromatic rings. The second kappa shape index (κ2) is 9.15. The van der Waals surface area contributed by atoms with Crippen LogP contribution in [0.5, 0.6) is 0 Å². The fraction of sp³-hybridized carbons (Fsp3) is 1.00. The van der Waals surface area contributed by atoms with Gasteiger partial charge in [-0.2, -0.15) is 0 Å². The first-order chi connectivity index (χ1) is 8.27. The van der Waals surface area contributed by atoms with E-state index in [2.05, 4.69) is 6.92 Å². The minimum absolute atomic E-state index is 0.362. The molecule has 0 aromatic heterocycles. The van der Waals surface area contributed by atoms with Crippen LogP contribution in [0.3, 0.4) is 0 Å². The van der Waals surface area contributed by atoms with Gasteiger partial charge in [0.2, 0.25) is 0 Å². The molecule has 2 heteroatoms. The van der Waals surface area contributed by atoms with Crippen LogP contribution in [0.2, 0.25) is 0 Å². The molecule has 17 heavy (non-hydrogen) atoms. The Hall–Kier alpha value is 0.177. The molecule has 1 heterocycles. The van der Waals surface area contributed by atoms with E-state index >= 15 is 0 Å². The molecule has 1 aliphatic heterocycles. The number of hydrogen-bond acceptors (Lipinski definition) is 1. The summed E-state index contributed by atoms with van der Waals surface area (Å²) in [6.07, 6.45) is 16.8. The number of ether oxygens (including phenoxy) is 1. The molecule has 1 fully saturated rings. The zero-order valence-corrected chi connectivity index (χ0v) is 14.1. The maximum atomic E-state index is 5.99. The zero-order valence-electron chi connectivity index (χ0n) is 12.1. The summed E-state index contributed by atoms with van der Waals surface area (Å²) in [6, 6.07) is 0. The lowest BCUT2D eigenvalue weighted by atomic mass is 10.0. The van der Waals surface area contributed by atoms with Crippen LogP contribution in [-0.4, -0.2) is 22.1 Å². The monoisotopic (exact) mass is 256 g/mol. The zero-order chi connectivity index (χ0) is 12.4. The molecule has 0 N–H and O–H groups in total. The molecule has 0 radical (unpaired) electrons. The molecule has 1 saturated heterocycles. The summed E-state index contributed by atoms with van der Waals surface area (Å²) in [6.45, 7) is 3.31. The Morgan fingerprint density at radius 1 is 0.941 bits per heavy atom. The van der Waals surface area contributed by atoms with Gasteiger partial charge >= 0.3 is 0 Å². The van der Waals surface area contributed by atoms with E-state index in [-0.39, 0.29) is 0 Å². The van der Waals surface area contributed by atoms with Gasteiger partial charge in [0.1, 0.15) is 0 Å². The molecular formula is C15H32OSi. The largest absolute Gasteiger partial charge is 0.380 e. The van der Waals surface area contributed by atoms with E-state index in [0.29, 0.717) is 5.22 Å². The molecule has 0 spiro atoms. The quantitative estimate of drug-likeness (QED) is 0.451. The maximum Gasteiger partial charge on any atom is 0.0486 e. The fourth-order valence-corrected chi connectivity index (χ4v) is 3.73. The van der Waals surface area contributed by atoms with Gasteiger partial charge in [0.15, 0.2) is 0 Å². The van der Waals surface area contributed by atoms with Crippen molar-refractivity contribution in [2.24, 2.45) is 0 Å². The fourth-order valence-electron chi connectivity index (χ4n) is 2.82. The van der Waals surface area contributed by atoms with Gasteiger partial charge in [-0.25, -0.2) is 0 Å². The molecule has 0 bridgehead atoms. The summed E-state index contributed by atoms with van der Waals surface area (Å²) in [5.41, 5.74) is 0. The average molecular weight is 257 g/mol. The van der Waals surface area contributed by atoms with Crippen LogP contribution in [0.25, 0.3) is 0 Å². The highest BCUT2D eigenvalue weighted by Gasteiger charge is 2.26. The van der Waals surface area contributed by atoms with Crippen molar-refractivity contribution in [3.63, 3.8) is 0 Å². The third-order valence-electron chi connectivity index (χ3n) is 4.11. The third kappa shape index (κ3) is 7.25. The van der Waals surface area contributed by atoms with Crippen LogP contribution in [0.4, 0.5) is 0 Å². The molecule has 102 valence electrons. The van der Waals surface area contributed by atoms with Crippen molar-refractivity contribution in [2.45, 2.75) is 89.2 Å². The lowest BCUT2D eigenvalue weighted by Crippen LogP contribution is -2.36. The van der Waals surface area contributed by atoms with E-state index in [1.165, 1.54) is 87.3 Å². The highest BCUT2D eigenvalue weighted by Crippen LogP contribution is 2.27. The average Bonchev–Trinajstić information content (AvgIpc) is 2.33. The lowest BCUT2D eigenvalue weighted by molar-refractivity contribution is -0.0240. The first-order valence-corrected chi connectivity index (χ1v) is 8.91. The highest BCUT2D eigenvalue weighted by atomic mass is 28.1. The van der Waals surface area contributed by atoms with Crippen molar-refractivity contribution < 1.29 is 4.74 Å². The van der Waals surface area contributed by atoms with Gasteiger partial charge in [-0.05, 0) is 25.7 Å². The van der Waals surface area contributed by atoms with Crippen molar-refractivity contribution in [2.75, 3.05) is 6.61 Å². The Balaban J connectivity index is 1.89. The normalized spacial score (nSPS) is 25.2. The van der Waals surface area contributed by atoms with Crippen LogP contribution >= 0.6 is 0 Å². The summed E-state index contributed by atoms with van der Waals surface area (Å²) in [5.74, 6) is 0. The Labute approximate surface area is 111 Å². The summed E-state index contributed by atoms with van der Waals surface area (Å²) >= 11 is 0. The minimum Gasteiger partial charge on any atom is -0.380 e. The van der Waals surface area contributed by atoms with Crippen molar-refractivity contribution in [1.29, 1.82) is 0 Å². The summed E-state index contributed by atoms with van der Waals surface area (Å²) < 4.78 is 5.99. The van der Waals surface area contributed by atoms with Crippen molar-refractivity contribution >= 4 is 10.2 Å². The van der Waals surface area contributed by atoms with Crippen LogP contribution in [-0.2, 0) is 4.74 Å². The predicted molar refractivity (Wildman–Crippen MR) is 79.7 cm³/mol. The highest BCUT2D eigenvalue weighted by molar-refractivity contribution is 6.14. The Bertz CT molecular complexity index is 176. The van der Waals surface area contributed by atoms with Crippen molar-refractivity contribution in [3.05, 3.63) is 0 Å². The Morgan fingerprint density at radius 2 is 1.59 bits per heavy atom. The molecule has 1 nitrogen and oxygen atoms in total. The van der Waals surface area contributed by atoms with Gasteiger partial charge in [-0.3, -0.25) is 0 Å². The topological polar surface area (TPSA) is 9.23 Å². The van der Waals surface area contributed by atoms with Crippen molar-refractivity contribution in [1.82, 2.24) is 0 Å². The summed E-state index contributed by atoms with van der Waals surface area (Å²) in [4.78, 5) is 0. The minimum atomic E-state index is 0.362. The van der Waals surface area contributed by atoms with Gasteiger partial charge in [0.25, 0.3) is 0 Å². The standard InChI is InChI=1S/C15H32OSi/c1-2-3-4-5-6-7-8-9-12-15(17)13-10-11-14-16-15/h2-14H2,1,17H3. The SMILES string of the molecule is CCCCCCCCCCC1([SiH3])CCCCO1. The number of rotatable bonds is 9. The predicted octanol–water partition coefficient (Wildman–Crippen LogP) is 3.78. The second-order valence-electron chi connectivity index (χ2n) is 5.98. The van der Waals surface area contributed by atoms with Crippen LogP contribution in [0.1, 0.15) is 84.0 Å². The van der Waals surface area contributed by atoms with E-state index in [4.69, 9.17) is 4.74 Å². The number of hydrogen-bond donors (Lipinski definition) is 0. The van der Waals surface area contributed by atoms with Gasteiger partial charge in [0, 0.05) is 22.1 Å². The van der Waals surface area contributed by atoms with Gasteiger partial charge in [-0.1, -0.05) is 58.3 Å². The van der Waals surface area contributed by atoms with E-state index < -0.39 is 0 Å². The molecule has 1 rings (SSSR count). The molecule has 0 aromatic carbocycles. The molecule has 1 atom stereocenters. The first-order valence-electron chi connectivity index (χ1n) is 7.91. The summed E-state index contributed by atoms with van der Waals surface area (Å²) in [7, 11) is 1.23. The third-order valence-corrected chi connectivity index (χ3v) is 5.40. The molecule has 1 unspecified atom stereocenters. The molecule has 0 amide bonds. The second-order valence-corrected chi connectivity index (χ2v) is 7.80. The Kier molecular flexibility index (Phi) is 8.20. The van der Waals surface area contributed by atoms with Crippen LogP contribution < -0.4 is 0 Å². The van der Waals surface area contributed by atoms with E-state index in [9.17, 15) is 0 Å². The van der Waals surface area contributed by atoms with Crippen LogP contribution in [0.15, 0.2) is 0 Å².